The van der Waals surface area contributed by atoms with Crippen LogP contribution in [0.25, 0.3) is 0 Å². The molecule has 0 aromatic heterocycles. The molecule has 2 aromatic rings. The summed E-state index contributed by atoms with van der Waals surface area (Å²) in [5.41, 5.74) is 1.51. The number of benzene rings is 2. The average molecular weight is 362 g/mol. The Hall–Kier alpha value is -2.38. The first-order valence-electron chi connectivity index (χ1n) is 7.71. The van der Waals surface area contributed by atoms with Crippen molar-refractivity contribution < 1.29 is 17.9 Å². The lowest BCUT2D eigenvalue weighted by atomic mass is 10.1. The molecule has 1 amide bonds. The van der Waals surface area contributed by atoms with Crippen LogP contribution in [-0.4, -0.2) is 39.0 Å². The van der Waals surface area contributed by atoms with E-state index in [1.165, 1.54) is 7.05 Å². The van der Waals surface area contributed by atoms with Crippen molar-refractivity contribution in [3.8, 4) is 5.75 Å². The van der Waals surface area contributed by atoms with Crippen molar-refractivity contribution >= 4 is 15.9 Å². The summed E-state index contributed by atoms with van der Waals surface area (Å²) >= 11 is 0. The fourth-order valence-electron chi connectivity index (χ4n) is 2.38. The highest BCUT2D eigenvalue weighted by Gasteiger charge is 2.30. The number of nitrogens with one attached hydrogen (secondary N) is 1. The minimum atomic E-state index is -3.53. The fraction of sp³-hybridized carbons (Fsp3) is 0.278. The Bertz CT molecular complexity index is 805. The van der Waals surface area contributed by atoms with Gasteiger partial charge in [0.05, 0.1) is 13.4 Å². The standard InChI is InChI=1S/C18H22N2O4S/c1-20(25(3,22)23)17(15-7-5-4-6-8-15)18(21)19-13-14-9-11-16(24-2)12-10-14/h4-12,17H,13H2,1-3H3,(H,19,21)/t17-/m0/s1. The first kappa shape index (κ1) is 19.0. The summed E-state index contributed by atoms with van der Waals surface area (Å²) in [6, 6.07) is 15.2. The number of hydrogen-bond donors (Lipinski definition) is 1. The Labute approximate surface area is 148 Å². The van der Waals surface area contributed by atoms with Gasteiger partial charge in [-0.15, -0.1) is 0 Å². The predicted molar refractivity (Wildman–Crippen MR) is 96.6 cm³/mol. The van der Waals surface area contributed by atoms with Gasteiger partial charge in [-0.1, -0.05) is 42.5 Å². The lowest BCUT2D eigenvalue weighted by Crippen LogP contribution is -2.41. The van der Waals surface area contributed by atoms with E-state index in [-0.39, 0.29) is 5.91 Å². The van der Waals surface area contributed by atoms with Crippen LogP contribution in [0.15, 0.2) is 54.6 Å². The number of likely N-dealkylation sites (N-methyl/N-ethyl adjacent to an activating group) is 1. The Morgan fingerprint density at radius 1 is 1.12 bits per heavy atom. The molecular formula is C18H22N2O4S. The summed E-state index contributed by atoms with van der Waals surface area (Å²) in [7, 11) is -0.543. The van der Waals surface area contributed by atoms with Gasteiger partial charge in [0.2, 0.25) is 15.9 Å². The quantitative estimate of drug-likeness (QED) is 0.817. The zero-order valence-corrected chi connectivity index (χ0v) is 15.3. The summed E-state index contributed by atoms with van der Waals surface area (Å²) in [6.07, 6.45) is 1.08. The van der Waals surface area contributed by atoms with Gasteiger partial charge < -0.3 is 10.1 Å². The Morgan fingerprint density at radius 2 is 1.72 bits per heavy atom. The third-order valence-corrected chi connectivity index (χ3v) is 5.13. The second-order valence-electron chi connectivity index (χ2n) is 5.66. The van der Waals surface area contributed by atoms with Crippen molar-refractivity contribution in [2.24, 2.45) is 0 Å². The van der Waals surface area contributed by atoms with Crippen molar-refractivity contribution in [3.05, 3.63) is 65.7 Å². The summed E-state index contributed by atoms with van der Waals surface area (Å²) in [6.45, 7) is 0.295. The van der Waals surface area contributed by atoms with Gasteiger partial charge >= 0.3 is 0 Å². The van der Waals surface area contributed by atoms with Crippen molar-refractivity contribution in [2.75, 3.05) is 20.4 Å². The number of carbonyl (C=O) groups is 1. The molecule has 0 spiro atoms. The van der Waals surface area contributed by atoms with E-state index in [1.807, 2.05) is 18.2 Å². The van der Waals surface area contributed by atoms with Gasteiger partial charge in [0.25, 0.3) is 0 Å². The molecule has 1 N–H and O–H groups in total. The highest BCUT2D eigenvalue weighted by atomic mass is 32.2. The molecular weight excluding hydrogens is 340 g/mol. The van der Waals surface area contributed by atoms with E-state index in [0.717, 1.165) is 21.9 Å². The number of sulfonamides is 1. The highest BCUT2D eigenvalue weighted by molar-refractivity contribution is 7.88. The lowest BCUT2D eigenvalue weighted by molar-refractivity contribution is -0.124. The normalized spacial score (nSPS) is 12.6. The summed E-state index contributed by atoms with van der Waals surface area (Å²) in [5.74, 6) is 0.351. The van der Waals surface area contributed by atoms with Crippen LogP contribution in [0.2, 0.25) is 0 Å². The van der Waals surface area contributed by atoms with Crippen LogP contribution in [0, 0.1) is 0 Å². The van der Waals surface area contributed by atoms with Crippen LogP contribution >= 0.6 is 0 Å². The summed E-state index contributed by atoms with van der Waals surface area (Å²) in [4.78, 5) is 12.7. The first-order valence-corrected chi connectivity index (χ1v) is 9.56. The Kier molecular flexibility index (Phi) is 6.17. The zero-order valence-electron chi connectivity index (χ0n) is 14.5. The number of ether oxygens (including phenoxy) is 1. The smallest absolute Gasteiger partial charge is 0.243 e. The van der Waals surface area contributed by atoms with Gasteiger partial charge in [-0.05, 0) is 23.3 Å². The third kappa shape index (κ3) is 5.04. The van der Waals surface area contributed by atoms with Gasteiger partial charge in [-0.3, -0.25) is 4.79 Å². The van der Waals surface area contributed by atoms with Crippen LogP contribution in [0.5, 0.6) is 5.75 Å². The van der Waals surface area contributed by atoms with Gasteiger partial charge in [0.15, 0.2) is 0 Å². The third-order valence-electron chi connectivity index (χ3n) is 3.88. The molecule has 0 aliphatic carbocycles. The Morgan fingerprint density at radius 3 is 2.24 bits per heavy atom. The second-order valence-corrected chi connectivity index (χ2v) is 7.70. The fourth-order valence-corrected chi connectivity index (χ4v) is 2.98. The van der Waals surface area contributed by atoms with Crippen LogP contribution < -0.4 is 10.1 Å². The second kappa shape index (κ2) is 8.13. The minimum Gasteiger partial charge on any atom is -0.497 e. The maximum atomic E-state index is 12.7. The molecule has 0 unspecified atom stereocenters. The van der Waals surface area contributed by atoms with Crippen molar-refractivity contribution in [2.45, 2.75) is 12.6 Å². The molecule has 0 heterocycles. The number of hydrogen-bond acceptors (Lipinski definition) is 4. The van der Waals surface area contributed by atoms with Crippen LogP contribution in [0.1, 0.15) is 17.2 Å². The minimum absolute atomic E-state index is 0.295. The molecule has 0 aliphatic heterocycles. The number of rotatable bonds is 7. The molecule has 0 saturated heterocycles. The van der Waals surface area contributed by atoms with E-state index in [9.17, 15) is 13.2 Å². The summed E-state index contributed by atoms with van der Waals surface area (Å²) < 4.78 is 30.0. The van der Waals surface area contributed by atoms with Crippen molar-refractivity contribution in [1.82, 2.24) is 9.62 Å². The molecule has 0 aliphatic rings. The molecule has 2 aromatic carbocycles. The zero-order chi connectivity index (χ0) is 18.4. The molecule has 1 atom stereocenters. The molecule has 25 heavy (non-hydrogen) atoms. The molecule has 6 nitrogen and oxygen atoms in total. The topological polar surface area (TPSA) is 75.7 Å². The average Bonchev–Trinajstić information content (AvgIpc) is 2.60. The van der Waals surface area contributed by atoms with Crippen molar-refractivity contribution in [3.63, 3.8) is 0 Å². The number of carbonyl (C=O) groups excluding carboxylic acids is 1. The van der Waals surface area contributed by atoms with Gasteiger partial charge in [-0.25, -0.2) is 8.42 Å². The molecule has 0 saturated carbocycles. The van der Waals surface area contributed by atoms with Crippen LogP contribution in [0.3, 0.4) is 0 Å². The number of amides is 1. The van der Waals surface area contributed by atoms with Crippen LogP contribution in [-0.2, 0) is 21.4 Å². The molecule has 0 radical (unpaired) electrons. The maximum Gasteiger partial charge on any atom is 0.243 e. The highest BCUT2D eigenvalue weighted by Crippen LogP contribution is 2.22. The van der Waals surface area contributed by atoms with Gasteiger partial charge in [-0.2, -0.15) is 4.31 Å². The van der Waals surface area contributed by atoms with E-state index >= 15 is 0 Å². The Balaban J connectivity index is 2.17. The summed E-state index contributed by atoms with van der Waals surface area (Å²) in [5, 5.41) is 2.80. The van der Waals surface area contributed by atoms with Crippen molar-refractivity contribution in [1.29, 1.82) is 0 Å². The van der Waals surface area contributed by atoms with E-state index in [4.69, 9.17) is 4.74 Å². The predicted octanol–water partition coefficient (Wildman–Crippen LogP) is 1.94. The SMILES string of the molecule is COc1ccc(CNC(=O)[C@H](c2ccccc2)N(C)S(C)(=O)=O)cc1. The number of nitrogens with zero attached hydrogens (tertiary/aromatic N) is 1. The molecule has 134 valence electrons. The van der Waals surface area contributed by atoms with E-state index in [0.29, 0.717) is 12.1 Å². The first-order chi connectivity index (χ1) is 11.8. The largest absolute Gasteiger partial charge is 0.497 e. The molecule has 0 fully saturated rings. The number of methoxy groups -OCH3 is 1. The van der Waals surface area contributed by atoms with E-state index < -0.39 is 16.1 Å². The maximum absolute atomic E-state index is 12.7. The monoisotopic (exact) mass is 362 g/mol. The molecule has 7 heteroatoms. The van der Waals surface area contributed by atoms with E-state index in [2.05, 4.69) is 5.32 Å². The van der Waals surface area contributed by atoms with Crippen LogP contribution in [0.4, 0.5) is 0 Å². The van der Waals surface area contributed by atoms with Gasteiger partial charge in [0.1, 0.15) is 11.8 Å². The molecule has 0 bridgehead atoms. The van der Waals surface area contributed by atoms with E-state index in [1.54, 1.807) is 43.5 Å². The molecule has 2 rings (SSSR count). The van der Waals surface area contributed by atoms with Gasteiger partial charge in [0, 0.05) is 13.6 Å². The lowest BCUT2D eigenvalue weighted by Gasteiger charge is -2.25.